The quantitative estimate of drug-likeness (QED) is 0.297. The second-order valence-electron chi connectivity index (χ2n) is 10.2. The van der Waals surface area contributed by atoms with E-state index in [0.29, 0.717) is 29.7 Å². The summed E-state index contributed by atoms with van der Waals surface area (Å²) in [5.41, 5.74) is -0.668. The molecule has 1 aliphatic heterocycles. The molecule has 3 aromatic heterocycles. The lowest BCUT2D eigenvalue weighted by atomic mass is 10.0. The summed E-state index contributed by atoms with van der Waals surface area (Å²) in [7, 11) is 0. The molecule has 216 valence electrons. The molecule has 2 N–H and O–H groups in total. The Kier molecular flexibility index (Phi) is 7.01. The lowest BCUT2D eigenvalue weighted by Gasteiger charge is -2.24. The molecule has 2 fully saturated rings. The number of alkyl halides is 2. The van der Waals surface area contributed by atoms with E-state index in [2.05, 4.69) is 30.4 Å². The van der Waals surface area contributed by atoms with E-state index in [1.54, 1.807) is 28.2 Å². The van der Waals surface area contributed by atoms with Gasteiger partial charge in [0.25, 0.3) is 12.3 Å². The third-order valence-corrected chi connectivity index (χ3v) is 7.83. The van der Waals surface area contributed by atoms with Crippen molar-refractivity contribution in [1.82, 2.24) is 29.7 Å². The zero-order chi connectivity index (χ0) is 29.7. The summed E-state index contributed by atoms with van der Waals surface area (Å²) in [6, 6.07) is 1.07. The number of aliphatic carboxylic acids is 1. The average Bonchev–Trinajstić information content (AvgIpc) is 3.39. The largest absolute Gasteiger partial charge is 0.480 e. The maximum atomic E-state index is 14.7. The van der Waals surface area contributed by atoms with E-state index in [9.17, 15) is 27.9 Å². The summed E-state index contributed by atoms with van der Waals surface area (Å²) in [4.78, 5) is 43.0. The Bertz CT molecular complexity index is 1690. The number of carboxylic acids is 1. The minimum Gasteiger partial charge on any atom is -0.480 e. The Balaban J connectivity index is 1.16. The summed E-state index contributed by atoms with van der Waals surface area (Å²) in [6.45, 7) is 2.46. The first-order chi connectivity index (χ1) is 20.1. The van der Waals surface area contributed by atoms with Crippen LogP contribution in [0.15, 0.2) is 49.3 Å². The van der Waals surface area contributed by atoms with Crippen LogP contribution in [0.1, 0.15) is 47.4 Å². The third-order valence-electron chi connectivity index (χ3n) is 7.54. The lowest BCUT2D eigenvalue weighted by molar-refractivity contribution is -0.138. The normalized spacial score (nSPS) is 20.0. The predicted octanol–water partition coefficient (Wildman–Crippen LogP) is 4.63. The van der Waals surface area contributed by atoms with Crippen LogP contribution in [-0.4, -0.2) is 59.3 Å². The SMILES string of the molecule is CC(c1cnc(N2CC3CC3C2C(=O)O)nc1)n1cc(NC(=O)c2cncc(-c3c(C(F)F)ccc(Cl)c3F)n2)cn1. The monoisotopic (exact) mass is 598 g/mol. The van der Waals surface area contributed by atoms with Gasteiger partial charge in [0.05, 0.1) is 41.0 Å². The number of rotatable bonds is 8. The van der Waals surface area contributed by atoms with E-state index in [0.717, 1.165) is 30.9 Å². The van der Waals surface area contributed by atoms with E-state index in [1.165, 1.54) is 6.20 Å². The molecule has 15 heteroatoms. The number of amides is 1. The highest BCUT2D eigenvalue weighted by atomic mass is 35.5. The van der Waals surface area contributed by atoms with Gasteiger partial charge in [-0.2, -0.15) is 5.10 Å². The summed E-state index contributed by atoms with van der Waals surface area (Å²) >= 11 is 5.80. The molecule has 0 radical (unpaired) electrons. The first-order valence-electron chi connectivity index (χ1n) is 12.9. The molecule has 1 amide bonds. The fourth-order valence-electron chi connectivity index (χ4n) is 5.25. The van der Waals surface area contributed by atoms with Gasteiger partial charge in [-0.3, -0.25) is 14.5 Å². The van der Waals surface area contributed by atoms with Crippen molar-refractivity contribution in [1.29, 1.82) is 0 Å². The number of carbonyl (C=O) groups is 2. The van der Waals surface area contributed by atoms with Crippen LogP contribution >= 0.6 is 11.6 Å². The number of carbonyl (C=O) groups excluding carboxylic acids is 1. The van der Waals surface area contributed by atoms with Crippen molar-refractivity contribution in [3.05, 3.63) is 77.0 Å². The molecule has 0 spiro atoms. The molecule has 1 saturated carbocycles. The van der Waals surface area contributed by atoms with Crippen LogP contribution in [0.2, 0.25) is 5.02 Å². The summed E-state index contributed by atoms with van der Waals surface area (Å²) in [6.07, 6.45) is 6.28. The fraction of sp³-hybridized carbons (Fsp3) is 0.296. The fourth-order valence-corrected chi connectivity index (χ4v) is 5.41. The average molecular weight is 599 g/mol. The van der Waals surface area contributed by atoms with Gasteiger partial charge in [-0.05, 0) is 31.2 Å². The first kappa shape index (κ1) is 27.6. The number of carboxylic acid groups (broad SMARTS) is 1. The topological polar surface area (TPSA) is 139 Å². The van der Waals surface area contributed by atoms with Gasteiger partial charge in [0, 0.05) is 41.8 Å². The molecule has 1 saturated heterocycles. The van der Waals surface area contributed by atoms with Gasteiger partial charge >= 0.3 is 5.97 Å². The molecule has 1 aliphatic carbocycles. The van der Waals surface area contributed by atoms with Gasteiger partial charge in [0.15, 0.2) is 5.82 Å². The van der Waals surface area contributed by atoms with Crippen molar-refractivity contribution in [3.8, 4) is 11.3 Å². The van der Waals surface area contributed by atoms with E-state index in [-0.39, 0.29) is 28.4 Å². The second kappa shape index (κ2) is 10.7. The highest BCUT2D eigenvalue weighted by Gasteiger charge is 2.56. The Morgan fingerprint density at radius 2 is 1.90 bits per heavy atom. The molecule has 11 nitrogen and oxygen atoms in total. The van der Waals surface area contributed by atoms with Crippen LogP contribution in [0, 0.1) is 17.7 Å². The van der Waals surface area contributed by atoms with E-state index in [4.69, 9.17) is 11.6 Å². The molecule has 4 atom stereocenters. The molecule has 6 rings (SSSR count). The molecular weight excluding hydrogens is 577 g/mol. The molecule has 0 bridgehead atoms. The van der Waals surface area contributed by atoms with Crippen molar-refractivity contribution in [2.75, 3.05) is 16.8 Å². The van der Waals surface area contributed by atoms with Crippen molar-refractivity contribution >= 4 is 35.1 Å². The molecule has 1 aromatic carbocycles. The molecule has 4 heterocycles. The maximum absolute atomic E-state index is 14.7. The first-order valence-corrected chi connectivity index (χ1v) is 13.3. The van der Waals surface area contributed by atoms with Gasteiger partial charge in [-0.1, -0.05) is 17.7 Å². The number of halogens is 4. The minimum atomic E-state index is -3.01. The molecule has 4 aromatic rings. The standard InChI is InChI=1S/C27H22ClF3N8O3/c1-12(14-5-33-27(34-6-14)38-10-13-4-17(13)23(38)26(41)42)39-11-15(7-35-39)36-25(40)20-9-32-8-19(37-20)21-16(24(30)31)2-3-18(28)22(21)29/h2-3,5-9,11-13,17,23-24H,4,10H2,1H3,(H,36,40)(H,41,42). The van der Waals surface area contributed by atoms with Crippen molar-refractivity contribution in [3.63, 3.8) is 0 Å². The second-order valence-corrected chi connectivity index (χ2v) is 10.6. The number of nitrogens with one attached hydrogen (secondary N) is 1. The van der Waals surface area contributed by atoms with Crippen LogP contribution in [0.4, 0.5) is 24.8 Å². The number of hydrogen-bond donors (Lipinski definition) is 2. The maximum Gasteiger partial charge on any atom is 0.326 e. The zero-order valence-electron chi connectivity index (χ0n) is 21.8. The van der Waals surface area contributed by atoms with Crippen molar-refractivity contribution in [2.24, 2.45) is 11.8 Å². The summed E-state index contributed by atoms with van der Waals surface area (Å²) in [5, 5.41) is 16.1. The van der Waals surface area contributed by atoms with Crippen molar-refractivity contribution in [2.45, 2.75) is 31.9 Å². The van der Waals surface area contributed by atoms with Gasteiger partial charge in [0.1, 0.15) is 11.7 Å². The van der Waals surface area contributed by atoms with Crippen LogP contribution in [-0.2, 0) is 4.79 Å². The van der Waals surface area contributed by atoms with E-state index in [1.807, 2.05) is 6.92 Å². The van der Waals surface area contributed by atoms with Crippen molar-refractivity contribution < 1.29 is 27.9 Å². The number of nitrogens with zero attached hydrogens (tertiary/aromatic N) is 7. The number of fused-ring (bicyclic) bond motifs is 1. The number of hydrogen-bond acceptors (Lipinski definition) is 8. The van der Waals surface area contributed by atoms with Gasteiger partial charge in [-0.15, -0.1) is 0 Å². The van der Waals surface area contributed by atoms with Crippen LogP contribution in [0.3, 0.4) is 0 Å². The van der Waals surface area contributed by atoms with E-state index >= 15 is 0 Å². The Morgan fingerprint density at radius 1 is 1.14 bits per heavy atom. The van der Waals surface area contributed by atoms with Crippen LogP contribution in [0.5, 0.6) is 0 Å². The minimum absolute atomic E-state index is 0.143. The smallest absolute Gasteiger partial charge is 0.326 e. The van der Waals surface area contributed by atoms with Gasteiger partial charge in [0.2, 0.25) is 5.95 Å². The molecular formula is C27H22ClF3N8O3. The zero-order valence-corrected chi connectivity index (χ0v) is 22.6. The number of benzene rings is 1. The Morgan fingerprint density at radius 3 is 2.62 bits per heavy atom. The number of piperidine rings is 1. The number of anilines is 2. The number of aromatic nitrogens is 6. The van der Waals surface area contributed by atoms with Crippen LogP contribution < -0.4 is 10.2 Å². The molecule has 4 unspecified atom stereocenters. The highest BCUT2D eigenvalue weighted by Crippen LogP contribution is 2.50. The van der Waals surface area contributed by atoms with E-state index < -0.39 is 41.3 Å². The molecule has 2 aliphatic rings. The highest BCUT2D eigenvalue weighted by molar-refractivity contribution is 6.31. The van der Waals surface area contributed by atoms with Gasteiger partial charge < -0.3 is 15.3 Å². The summed E-state index contributed by atoms with van der Waals surface area (Å²) in [5.74, 6) is -1.81. The Labute approximate surface area is 241 Å². The predicted molar refractivity (Wildman–Crippen MR) is 144 cm³/mol. The molecule has 42 heavy (non-hydrogen) atoms. The third kappa shape index (κ3) is 5.02. The Hall–Kier alpha value is -4.59. The lowest BCUT2D eigenvalue weighted by Crippen LogP contribution is -2.40. The summed E-state index contributed by atoms with van der Waals surface area (Å²) < 4.78 is 43.3. The van der Waals surface area contributed by atoms with Gasteiger partial charge in [-0.25, -0.2) is 32.9 Å². The van der Waals surface area contributed by atoms with Crippen LogP contribution in [0.25, 0.3) is 11.3 Å².